The van der Waals surface area contributed by atoms with Crippen LogP contribution in [0.5, 0.6) is 0 Å². The molecule has 0 atom stereocenters. The maximum absolute atomic E-state index is 12.5. The zero-order valence-electron chi connectivity index (χ0n) is 13.3. The molecule has 0 radical (unpaired) electrons. The van der Waals surface area contributed by atoms with Crippen LogP contribution in [0, 0.1) is 11.3 Å². The number of nitrogens with zero attached hydrogens (tertiary/aromatic N) is 3. The van der Waals surface area contributed by atoms with Crippen molar-refractivity contribution in [1.82, 2.24) is 0 Å². The molecule has 0 saturated heterocycles. The third-order valence-electron chi connectivity index (χ3n) is 3.91. The number of hydrogen-bond donors (Lipinski definition) is 0. The number of amides is 1. The normalized spacial score (nSPS) is 14.5. The molecule has 0 aromatic heterocycles. The molecule has 0 saturated carbocycles. The SMILES string of the molecule is CCCN1C(=NC(=O)c2cccc(C#N)c2)Cc2ccc(Br)cc21. The Kier molecular flexibility index (Phi) is 4.77. The summed E-state index contributed by atoms with van der Waals surface area (Å²) in [6.45, 7) is 2.92. The number of carbonyl (C=O) groups excluding carboxylic acids is 1. The van der Waals surface area contributed by atoms with Crippen molar-refractivity contribution < 1.29 is 4.79 Å². The molecule has 24 heavy (non-hydrogen) atoms. The van der Waals surface area contributed by atoms with Gasteiger partial charge in [-0.05, 0) is 42.3 Å². The van der Waals surface area contributed by atoms with Crippen molar-refractivity contribution in [1.29, 1.82) is 5.26 Å². The van der Waals surface area contributed by atoms with Crippen LogP contribution in [-0.2, 0) is 6.42 Å². The lowest BCUT2D eigenvalue weighted by atomic mass is 10.1. The van der Waals surface area contributed by atoms with E-state index in [9.17, 15) is 4.79 Å². The van der Waals surface area contributed by atoms with Gasteiger partial charge in [0.25, 0.3) is 5.91 Å². The molecule has 3 rings (SSSR count). The lowest BCUT2D eigenvalue weighted by Crippen LogP contribution is -2.28. The van der Waals surface area contributed by atoms with Crippen molar-refractivity contribution in [2.45, 2.75) is 19.8 Å². The molecule has 0 aliphatic carbocycles. The molecule has 0 N–H and O–H groups in total. The van der Waals surface area contributed by atoms with Crippen LogP contribution in [0.25, 0.3) is 0 Å². The van der Waals surface area contributed by atoms with E-state index >= 15 is 0 Å². The van der Waals surface area contributed by atoms with E-state index in [1.165, 1.54) is 5.56 Å². The van der Waals surface area contributed by atoms with Crippen LogP contribution in [-0.4, -0.2) is 18.3 Å². The van der Waals surface area contributed by atoms with E-state index in [4.69, 9.17) is 5.26 Å². The maximum atomic E-state index is 12.5. The molecule has 2 aromatic carbocycles. The molecule has 0 fully saturated rings. The fourth-order valence-electron chi connectivity index (χ4n) is 2.82. The van der Waals surface area contributed by atoms with Gasteiger partial charge in [0.2, 0.25) is 0 Å². The first-order valence-electron chi connectivity index (χ1n) is 7.80. The van der Waals surface area contributed by atoms with E-state index in [-0.39, 0.29) is 5.91 Å². The molecule has 1 aliphatic heterocycles. The second kappa shape index (κ2) is 6.98. The Morgan fingerprint density at radius 3 is 2.92 bits per heavy atom. The van der Waals surface area contributed by atoms with Crippen molar-refractivity contribution >= 4 is 33.4 Å². The fraction of sp³-hybridized carbons (Fsp3) is 0.211. The summed E-state index contributed by atoms with van der Waals surface area (Å²) in [5, 5.41) is 8.97. The first-order chi connectivity index (χ1) is 11.6. The number of hydrogen-bond acceptors (Lipinski definition) is 2. The van der Waals surface area contributed by atoms with Crippen LogP contribution in [0.15, 0.2) is 51.9 Å². The largest absolute Gasteiger partial charge is 0.329 e. The van der Waals surface area contributed by atoms with Gasteiger partial charge in [-0.15, -0.1) is 0 Å². The Morgan fingerprint density at radius 1 is 1.33 bits per heavy atom. The van der Waals surface area contributed by atoms with Crippen molar-refractivity contribution in [3.63, 3.8) is 0 Å². The fourth-order valence-corrected chi connectivity index (χ4v) is 3.17. The molecule has 0 unspecified atom stereocenters. The van der Waals surface area contributed by atoms with Crippen LogP contribution in [0.1, 0.15) is 34.8 Å². The van der Waals surface area contributed by atoms with E-state index in [1.54, 1.807) is 24.3 Å². The van der Waals surface area contributed by atoms with Gasteiger partial charge in [-0.3, -0.25) is 4.79 Å². The summed E-state index contributed by atoms with van der Waals surface area (Å²) in [6.07, 6.45) is 1.61. The second-order valence-electron chi connectivity index (χ2n) is 5.63. The molecule has 0 spiro atoms. The minimum atomic E-state index is -0.310. The van der Waals surface area contributed by atoms with Gasteiger partial charge in [0.05, 0.1) is 11.6 Å². The van der Waals surface area contributed by atoms with Crippen molar-refractivity contribution in [3.05, 3.63) is 63.6 Å². The minimum Gasteiger partial charge on any atom is -0.329 e. The Morgan fingerprint density at radius 2 is 2.17 bits per heavy atom. The van der Waals surface area contributed by atoms with Crippen LogP contribution in [0.3, 0.4) is 0 Å². The van der Waals surface area contributed by atoms with Gasteiger partial charge >= 0.3 is 0 Å². The van der Waals surface area contributed by atoms with Gasteiger partial charge < -0.3 is 4.90 Å². The summed E-state index contributed by atoms with van der Waals surface area (Å²) < 4.78 is 1.01. The summed E-state index contributed by atoms with van der Waals surface area (Å²) in [4.78, 5) is 19.0. The van der Waals surface area contributed by atoms with Crippen molar-refractivity contribution in [2.24, 2.45) is 4.99 Å². The third-order valence-corrected chi connectivity index (χ3v) is 4.41. The number of halogens is 1. The number of carbonyl (C=O) groups is 1. The van der Waals surface area contributed by atoms with E-state index in [2.05, 4.69) is 44.9 Å². The standard InChI is InChI=1S/C19H16BrN3O/c1-2-8-23-17-11-16(20)7-6-14(17)10-18(23)22-19(24)15-5-3-4-13(9-15)12-21/h3-7,9,11H,2,8,10H2,1H3. The summed E-state index contributed by atoms with van der Waals surface area (Å²) >= 11 is 3.50. The highest BCUT2D eigenvalue weighted by Gasteiger charge is 2.26. The molecule has 1 amide bonds. The molecule has 2 aromatic rings. The number of amidine groups is 1. The van der Waals surface area contributed by atoms with Gasteiger partial charge in [-0.2, -0.15) is 10.3 Å². The highest BCUT2D eigenvalue weighted by atomic mass is 79.9. The summed E-state index contributed by atoms with van der Waals surface area (Å²) in [5.41, 5.74) is 3.17. The highest BCUT2D eigenvalue weighted by molar-refractivity contribution is 9.10. The van der Waals surface area contributed by atoms with Gasteiger partial charge in [-0.1, -0.05) is 35.0 Å². The minimum absolute atomic E-state index is 0.310. The number of rotatable bonds is 3. The Bertz CT molecular complexity index is 867. The average Bonchev–Trinajstić information content (AvgIpc) is 2.92. The maximum Gasteiger partial charge on any atom is 0.278 e. The first-order valence-corrected chi connectivity index (χ1v) is 8.59. The smallest absolute Gasteiger partial charge is 0.278 e. The molecule has 4 nitrogen and oxygen atoms in total. The van der Waals surface area contributed by atoms with Crippen molar-refractivity contribution in [2.75, 3.05) is 11.4 Å². The van der Waals surface area contributed by atoms with Gasteiger partial charge in [0.1, 0.15) is 5.84 Å². The first kappa shape index (κ1) is 16.4. The number of benzene rings is 2. The second-order valence-corrected chi connectivity index (χ2v) is 6.54. The van der Waals surface area contributed by atoms with Crippen LogP contribution in [0.2, 0.25) is 0 Å². The summed E-state index contributed by atoms with van der Waals surface area (Å²) in [7, 11) is 0. The summed E-state index contributed by atoms with van der Waals surface area (Å²) in [5.74, 6) is 0.451. The predicted octanol–water partition coefficient (Wildman–Crippen LogP) is 4.33. The van der Waals surface area contributed by atoms with E-state index < -0.39 is 0 Å². The van der Waals surface area contributed by atoms with Crippen LogP contribution < -0.4 is 4.90 Å². The zero-order chi connectivity index (χ0) is 17.1. The molecule has 0 bridgehead atoms. The van der Waals surface area contributed by atoms with Crippen molar-refractivity contribution in [3.8, 4) is 6.07 Å². The lowest BCUT2D eigenvalue weighted by molar-refractivity contribution is 0.100. The third kappa shape index (κ3) is 3.24. The molecule has 1 aliphatic rings. The predicted molar refractivity (Wildman–Crippen MR) is 98.4 cm³/mol. The number of fused-ring (bicyclic) bond motifs is 1. The average molecular weight is 382 g/mol. The van der Waals surface area contributed by atoms with Crippen LogP contribution >= 0.6 is 15.9 Å². The van der Waals surface area contributed by atoms with Gasteiger partial charge in [0.15, 0.2) is 0 Å². The Labute approximate surface area is 149 Å². The molecule has 5 heteroatoms. The van der Waals surface area contributed by atoms with E-state index in [0.717, 1.165) is 29.0 Å². The zero-order valence-corrected chi connectivity index (χ0v) is 14.9. The van der Waals surface area contributed by atoms with E-state index in [0.29, 0.717) is 17.5 Å². The number of anilines is 1. The monoisotopic (exact) mass is 381 g/mol. The topological polar surface area (TPSA) is 56.5 Å². The molecular weight excluding hydrogens is 366 g/mol. The molecule has 1 heterocycles. The molecule has 120 valence electrons. The Balaban J connectivity index is 1.94. The quantitative estimate of drug-likeness (QED) is 0.794. The van der Waals surface area contributed by atoms with Gasteiger partial charge in [-0.25, -0.2) is 0 Å². The van der Waals surface area contributed by atoms with Crippen LogP contribution in [0.4, 0.5) is 5.69 Å². The summed E-state index contributed by atoms with van der Waals surface area (Å²) in [6, 6.07) is 14.8. The number of nitriles is 1. The van der Waals surface area contributed by atoms with E-state index in [1.807, 2.05) is 12.1 Å². The molecular formula is C19H16BrN3O. The Hall–Kier alpha value is -2.45. The highest BCUT2D eigenvalue weighted by Crippen LogP contribution is 2.32. The number of aliphatic imine (C=N–C) groups is 1. The van der Waals surface area contributed by atoms with Gasteiger partial charge in [0, 0.05) is 28.7 Å². The lowest BCUT2D eigenvalue weighted by Gasteiger charge is -2.19.